The van der Waals surface area contributed by atoms with Gasteiger partial charge in [-0.3, -0.25) is 4.74 Å². The lowest BCUT2D eigenvalue weighted by Gasteiger charge is -2.27. The van der Waals surface area contributed by atoms with E-state index in [4.69, 9.17) is 13.3 Å². The second kappa shape index (κ2) is 12.5. The molecule has 7 heteroatoms. The summed E-state index contributed by atoms with van der Waals surface area (Å²) >= 11 is 0. The van der Waals surface area contributed by atoms with Crippen LogP contribution in [-0.4, -0.2) is 8.42 Å². The standard InChI is InChI=1S/C36H28NO4PS/c38-43(39,36-22-13-27-40-36)41-31-25-26-35(30(28-31)24-23-29-14-5-1-6-15-29)37-42(32-16-7-2-8-17-32,33-18-9-3-10-19-33)34-20-11-4-12-21-34/h1-28H/b24-23+. The summed E-state index contributed by atoms with van der Waals surface area (Å²) in [7, 11) is -6.72. The van der Waals surface area contributed by atoms with Crippen LogP contribution in [0.2, 0.25) is 0 Å². The quantitative estimate of drug-likeness (QED) is 0.0956. The third kappa shape index (κ3) is 6.17. The Morgan fingerprint density at radius 1 is 0.605 bits per heavy atom. The molecule has 0 radical (unpaired) electrons. The molecule has 0 aliphatic carbocycles. The summed E-state index contributed by atoms with van der Waals surface area (Å²) in [6, 6.07) is 49.0. The average molecular weight is 602 g/mol. The van der Waals surface area contributed by atoms with Gasteiger partial charge in [0.2, 0.25) is 0 Å². The van der Waals surface area contributed by atoms with Crippen LogP contribution in [0.3, 0.4) is 0 Å². The molecule has 43 heavy (non-hydrogen) atoms. The Morgan fingerprint density at radius 2 is 1.14 bits per heavy atom. The van der Waals surface area contributed by atoms with Gasteiger partial charge in [0.15, 0.2) is 0 Å². The van der Waals surface area contributed by atoms with E-state index in [-0.39, 0.29) is 10.8 Å². The van der Waals surface area contributed by atoms with Gasteiger partial charge in [-0.15, -0.1) is 0 Å². The van der Waals surface area contributed by atoms with Crippen molar-refractivity contribution < 1.29 is 17.0 Å². The van der Waals surface area contributed by atoms with Gasteiger partial charge < -0.3 is 8.60 Å². The molecule has 0 fully saturated rings. The highest BCUT2D eigenvalue weighted by Crippen LogP contribution is 2.50. The number of rotatable bonds is 9. The van der Waals surface area contributed by atoms with Gasteiger partial charge in [-0.05, 0) is 35.9 Å². The Bertz CT molecular complexity index is 1890. The molecular weight excluding hydrogens is 573 g/mol. The Balaban J connectivity index is 1.60. The van der Waals surface area contributed by atoms with Crippen LogP contribution in [0.4, 0.5) is 5.69 Å². The maximum atomic E-state index is 12.9. The van der Waals surface area contributed by atoms with Crippen LogP contribution >= 0.6 is 7.05 Å². The van der Waals surface area contributed by atoms with E-state index in [1.807, 2.05) is 103 Å². The maximum Gasteiger partial charge on any atom is 0.373 e. The van der Waals surface area contributed by atoms with E-state index in [1.165, 1.54) is 18.4 Å². The summed E-state index contributed by atoms with van der Waals surface area (Å²) in [4.78, 5) is 0. The van der Waals surface area contributed by atoms with Crippen LogP contribution in [0.5, 0.6) is 5.75 Å². The molecule has 0 aliphatic heterocycles. The van der Waals surface area contributed by atoms with Gasteiger partial charge in [-0.1, -0.05) is 133 Å². The second-order valence-corrected chi connectivity index (χ2v) is 14.2. The molecule has 1 heterocycles. The highest BCUT2D eigenvalue weighted by Gasteiger charge is 2.28. The molecule has 0 atom stereocenters. The van der Waals surface area contributed by atoms with Crippen molar-refractivity contribution in [1.82, 2.24) is 0 Å². The molecule has 212 valence electrons. The van der Waals surface area contributed by atoms with Crippen LogP contribution in [0.25, 0.3) is 12.2 Å². The lowest BCUT2D eigenvalue weighted by atomic mass is 10.1. The molecule has 6 rings (SSSR count). The van der Waals surface area contributed by atoms with E-state index in [0.29, 0.717) is 11.3 Å². The zero-order valence-corrected chi connectivity index (χ0v) is 24.8. The lowest BCUT2D eigenvalue weighted by molar-refractivity contribution is 0.410. The highest BCUT2D eigenvalue weighted by molar-refractivity contribution is 7.87. The smallest absolute Gasteiger partial charge is 0.373 e. The van der Waals surface area contributed by atoms with Crippen LogP contribution in [-0.2, 0) is 10.1 Å². The van der Waals surface area contributed by atoms with Crippen molar-refractivity contribution in [1.29, 1.82) is 0 Å². The molecule has 0 aliphatic rings. The number of nitrogens with zero attached hydrogens (tertiary/aromatic N) is 1. The number of benzene rings is 5. The Morgan fingerprint density at radius 3 is 1.65 bits per heavy atom. The molecule has 6 aromatic rings. The molecule has 5 nitrogen and oxygen atoms in total. The normalized spacial score (nSPS) is 11.8. The van der Waals surface area contributed by atoms with Crippen LogP contribution in [0, 0.1) is 0 Å². The van der Waals surface area contributed by atoms with Crippen molar-refractivity contribution in [2.75, 3.05) is 0 Å². The first kappa shape index (κ1) is 28.2. The zero-order chi connectivity index (χ0) is 29.5. The van der Waals surface area contributed by atoms with E-state index >= 15 is 0 Å². The first-order valence-electron chi connectivity index (χ1n) is 13.7. The summed E-state index contributed by atoms with van der Waals surface area (Å²) in [5.74, 6) is 0.158. The predicted molar refractivity (Wildman–Crippen MR) is 176 cm³/mol. The van der Waals surface area contributed by atoms with Crippen molar-refractivity contribution in [3.8, 4) is 5.75 Å². The molecule has 0 amide bonds. The van der Waals surface area contributed by atoms with Crippen molar-refractivity contribution >= 4 is 50.9 Å². The fourth-order valence-corrected chi connectivity index (χ4v) is 9.26. The first-order valence-corrected chi connectivity index (χ1v) is 16.8. The number of furan rings is 1. The Kier molecular flexibility index (Phi) is 8.23. The van der Waals surface area contributed by atoms with Gasteiger partial charge in [-0.2, -0.15) is 8.42 Å². The van der Waals surface area contributed by atoms with Crippen LogP contribution < -0.4 is 20.1 Å². The average Bonchev–Trinajstić information content (AvgIpc) is 3.62. The molecule has 0 saturated heterocycles. The summed E-state index contributed by atoms with van der Waals surface area (Å²) < 4.78 is 42.0. The molecule has 1 aromatic heterocycles. The molecule has 0 spiro atoms. The van der Waals surface area contributed by atoms with Crippen LogP contribution in [0.1, 0.15) is 11.1 Å². The van der Waals surface area contributed by atoms with Gasteiger partial charge in [0, 0.05) is 21.5 Å². The SMILES string of the molecule is O=S(=O)(Oc1ccc(N=P(c2ccccc2)(c2ccccc2)c2ccccc2)c(/C=C/c2ccccc2)c1)c1ccco1. The van der Waals surface area contributed by atoms with E-state index < -0.39 is 17.2 Å². The van der Waals surface area contributed by atoms with Gasteiger partial charge in [0.1, 0.15) is 5.75 Å². The van der Waals surface area contributed by atoms with Gasteiger partial charge in [0.25, 0.3) is 5.09 Å². The van der Waals surface area contributed by atoms with E-state index in [2.05, 4.69) is 36.4 Å². The van der Waals surface area contributed by atoms with E-state index in [1.54, 1.807) is 12.1 Å². The Labute approximate surface area is 251 Å². The molecule has 0 unspecified atom stereocenters. The molecule has 0 bridgehead atoms. The van der Waals surface area contributed by atoms with Gasteiger partial charge in [-0.25, -0.2) is 0 Å². The molecule has 0 saturated carbocycles. The predicted octanol–water partition coefficient (Wildman–Crippen LogP) is 8.03. The summed E-state index contributed by atoms with van der Waals surface area (Å²) in [5, 5.41) is 3.05. The van der Waals surface area contributed by atoms with Gasteiger partial charge in [0.05, 0.1) is 19.0 Å². The highest BCUT2D eigenvalue weighted by atomic mass is 32.2. The monoisotopic (exact) mass is 601 g/mol. The molecule has 5 aromatic carbocycles. The van der Waals surface area contributed by atoms with Crippen molar-refractivity contribution in [2.24, 2.45) is 4.74 Å². The summed E-state index contributed by atoms with van der Waals surface area (Å²) in [5.41, 5.74) is 2.42. The van der Waals surface area contributed by atoms with Gasteiger partial charge >= 0.3 is 10.1 Å². The summed E-state index contributed by atoms with van der Waals surface area (Å²) in [6.45, 7) is 0. The van der Waals surface area contributed by atoms with Crippen LogP contribution in [0.15, 0.2) is 172 Å². The second-order valence-electron chi connectivity index (χ2n) is 9.68. The number of hydrogen-bond acceptors (Lipinski definition) is 5. The Hall–Kier alpha value is -4.90. The summed E-state index contributed by atoms with van der Waals surface area (Å²) in [6.07, 6.45) is 5.22. The fourth-order valence-electron chi connectivity index (χ4n) is 4.85. The molecular formula is C36H28NO4PS. The largest absolute Gasteiger partial charge is 0.450 e. The minimum atomic E-state index is -4.15. The van der Waals surface area contributed by atoms with E-state index in [0.717, 1.165) is 21.5 Å². The zero-order valence-electron chi connectivity index (χ0n) is 23.1. The van der Waals surface area contributed by atoms with Crippen molar-refractivity contribution in [3.63, 3.8) is 0 Å². The minimum absolute atomic E-state index is 0.158. The number of hydrogen-bond donors (Lipinski definition) is 0. The van der Waals surface area contributed by atoms with Crippen molar-refractivity contribution in [2.45, 2.75) is 5.09 Å². The fraction of sp³-hybridized carbons (Fsp3) is 0. The topological polar surface area (TPSA) is 68.9 Å². The van der Waals surface area contributed by atoms with E-state index in [9.17, 15) is 8.42 Å². The minimum Gasteiger partial charge on any atom is -0.450 e. The van der Waals surface area contributed by atoms with Crippen molar-refractivity contribution in [3.05, 3.63) is 169 Å². The lowest BCUT2D eigenvalue weighted by Crippen LogP contribution is -2.25. The third-order valence-corrected chi connectivity index (χ3v) is 11.6. The maximum absolute atomic E-state index is 12.9. The third-order valence-electron chi connectivity index (χ3n) is 6.85. The first-order chi connectivity index (χ1) is 21.0. The molecule has 0 N–H and O–H groups in total.